The third-order valence-corrected chi connectivity index (χ3v) is 5.38. The summed E-state index contributed by atoms with van der Waals surface area (Å²) >= 11 is 0. The van der Waals surface area contributed by atoms with Gasteiger partial charge in [-0.15, -0.1) is 12.4 Å². The van der Waals surface area contributed by atoms with Crippen LogP contribution in [0.3, 0.4) is 0 Å². The van der Waals surface area contributed by atoms with Crippen molar-refractivity contribution in [3.05, 3.63) is 35.4 Å². The van der Waals surface area contributed by atoms with E-state index < -0.39 is 0 Å². The van der Waals surface area contributed by atoms with Gasteiger partial charge in [0.05, 0.1) is 13.2 Å². The monoisotopic (exact) mass is 365 g/mol. The summed E-state index contributed by atoms with van der Waals surface area (Å²) in [5, 5.41) is 0. The Hall–Kier alpha value is -1.14. The van der Waals surface area contributed by atoms with E-state index in [1.807, 2.05) is 17.0 Å². The van der Waals surface area contributed by atoms with Crippen LogP contribution in [-0.2, 0) is 11.3 Å². The first-order valence-electron chi connectivity index (χ1n) is 9.22. The Morgan fingerprint density at radius 1 is 0.960 bits per heavy atom. The lowest BCUT2D eigenvalue weighted by atomic mass is 10.1. The Labute approximate surface area is 156 Å². The van der Waals surface area contributed by atoms with E-state index in [1.54, 1.807) is 0 Å². The van der Waals surface area contributed by atoms with Gasteiger partial charge in [-0.2, -0.15) is 0 Å². The van der Waals surface area contributed by atoms with Crippen molar-refractivity contribution in [2.45, 2.75) is 25.4 Å². The number of hydrogen-bond acceptors (Lipinski definition) is 4. The third-order valence-electron chi connectivity index (χ3n) is 5.38. The second-order valence-electron chi connectivity index (χ2n) is 7.14. The lowest BCUT2D eigenvalue weighted by molar-refractivity contribution is 0.0342. The summed E-state index contributed by atoms with van der Waals surface area (Å²) in [5.74, 6) is 0.184. The number of hydrogen-bond donors (Lipinski definition) is 0. The van der Waals surface area contributed by atoms with Crippen molar-refractivity contribution in [1.29, 1.82) is 0 Å². The molecule has 2 aliphatic heterocycles. The molecule has 2 saturated heterocycles. The summed E-state index contributed by atoms with van der Waals surface area (Å²) in [6.45, 7) is 8.37. The van der Waals surface area contributed by atoms with Crippen LogP contribution >= 0.6 is 12.4 Å². The SMILES string of the molecule is Cl.O=C(c1ccc(CN2CCOCC2)cc1)N1CCN(C2CC2)CC1. The van der Waals surface area contributed by atoms with E-state index in [9.17, 15) is 4.79 Å². The zero-order valence-corrected chi connectivity index (χ0v) is 15.5. The molecule has 1 amide bonds. The average molecular weight is 366 g/mol. The molecule has 3 fully saturated rings. The molecule has 1 aromatic rings. The topological polar surface area (TPSA) is 36.0 Å². The van der Waals surface area contributed by atoms with Gasteiger partial charge < -0.3 is 9.64 Å². The highest BCUT2D eigenvalue weighted by Gasteiger charge is 2.32. The Morgan fingerprint density at radius 3 is 2.20 bits per heavy atom. The number of ether oxygens (including phenoxy) is 1. The van der Waals surface area contributed by atoms with Crippen molar-refractivity contribution in [2.24, 2.45) is 0 Å². The normalized spacial score (nSPS) is 22.5. The fourth-order valence-corrected chi connectivity index (χ4v) is 3.68. The lowest BCUT2D eigenvalue weighted by Gasteiger charge is -2.34. The van der Waals surface area contributed by atoms with Crippen LogP contribution in [0.15, 0.2) is 24.3 Å². The largest absolute Gasteiger partial charge is 0.379 e. The van der Waals surface area contributed by atoms with Crippen LogP contribution < -0.4 is 0 Å². The van der Waals surface area contributed by atoms with E-state index in [4.69, 9.17) is 4.74 Å². The first-order chi connectivity index (χ1) is 11.8. The van der Waals surface area contributed by atoms with Gasteiger partial charge in [0.1, 0.15) is 0 Å². The Bertz CT molecular complexity index is 563. The molecule has 1 aromatic carbocycles. The molecular formula is C19H28ClN3O2. The smallest absolute Gasteiger partial charge is 0.253 e. The molecule has 0 spiro atoms. The van der Waals surface area contributed by atoms with E-state index in [1.165, 1.54) is 18.4 Å². The molecule has 2 heterocycles. The molecule has 5 nitrogen and oxygen atoms in total. The molecule has 6 heteroatoms. The summed E-state index contributed by atoms with van der Waals surface area (Å²) in [7, 11) is 0. The maximum Gasteiger partial charge on any atom is 0.253 e. The van der Waals surface area contributed by atoms with E-state index in [-0.39, 0.29) is 18.3 Å². The number of amides is 1. The molecule has 3 aliphatic rings. The molecule has 0 bridgehead atoms. The van der Waals surface area contributed by atoms with Gasteiger partial charge in [-0.1, -0.05) is 12.1 Å². The second-order valence-corrected chi connectivity index (χ2v) is 7.14. The average Bonchev–Trinajstić information content (AvgIpc) is 3.48. The van der Waals surface area contributed by atoms with Crippen LogP contribution in [0.25, 0.3) is 0 Å². The second kappa shape index (κ2) is 8.49. The Morgan fingerprint density at radius 2 is 1.60 bits per heavy atom. The number of morpholine rings is 1. The van der Waals surface area contributed by atoms with Crippen LogP contribution in [0.5, 0.6) is 0 Å². The molecule has 0 atom stereocenters. The van der Waals surface area contributed by atoms with Crippen LogP contribution in [0.2, 0.25) is 0 Å². The summed E-state index contributed by atoms with van der Waals surface area (Å²) < 4.78 is 5.39. The first kappa shape index (κ1) is 18.6. The highest BCUT2D eigenvalue weighted by molar-refractivity contribution is 5.94. The number of benzene rings is 1. The van der Waals surface area contributed by atoms with Crippen molar-refractivity contribution >= 4 is 18.3 Å². The summed E-state index contributed by atoms with van der Waals surface area (Å²) in [6, 6.07) is 8.99. The van der Waals surface area contributed by atoms with Gasteiger partial charge in [-0.3, -0.25) is 14.6 Å². The third kappa shape index (κ3) is 4.73. The molecule has 1 aliphatic carbocycles. The van der Waals surface area contributed by atoms with Gasteiger partial charge in [-0.25, -0.2) is 0 Å². The number of piperazine rings is 1. The number of nitrogens with zero attached hydrogens (tertiary/aromatic N) is 3. The van der Waals surface area contributed by atoms with E-state index in [0.29, 0.717) is 0 Å². The van der Waals surface area contributed by atoms with Crippen LogP contribution in [0.4, 0.5) is 0 Å². The fourth-order valence-electron chi connectivity index (χ4n) is 3.68. The van der Waals surface area contributed by atoms with Gasteiger partial charge >= 0.3 is 0 Å². The first-order valence-corrected chi connectivity index (χ1v) is 9.22. The van der Waals surface area contributed by atoms with Gasteiger partial charge in [0, 0.05) is 57.4 Å². The predicted octanol–water partition coefficient (Wildman–Crippen LogP) is 1.86. The van der Waals surface area contributed by atoms with Crippen molar-refractivity contribution < 1.29 is 9.53 Å². The van der Waals surface area contributed by atoms with Crippen molar-refractivity contribution in [2.75, 3.05) is 52.5 Å². The minimum atomic E-state index is 0. The van der Waals surface area contributed by atoms with E-state index in [2.05, 4.69) is 21.9 Å². The van der Waals surface area contributed by atoms with Gasteiger partial charge in [0.15, 0.2) is 0 Å². The van der Waals surface area contributed by atoms with Crippen molar-refractivity contribution in [3.63, 3.8) is 0 Å². The molecule has 0 radical (unpaired) electrons. The molecule has 1 saturated carbocycles. The van der Waals surface area contributed by atoms with Gasteiger partial charge in [0.25, 0.3) is 5.91 Å². The number of halogens is 1. The number of carbonyl (C=O) groups excluding carboxylic acids is 1. The van der Waals surface area contributed by atoms with Crippen molar-refractivity contribution in [3.8, 4) is 0 Å². The van der Waals surface area contributed by atoms with Crippen molar-refractivity contribution in [1.82, 2.24) is 14.7 Å². The van der Waals surface area contributed by atoms with Gasteiger partial charge in [0.2, 0.25) is 0 Å². The van der Waals surface area contributed by atoms with Crippen LogP contribution in [-0.4, -0.2) is 79.1 Å². The Balaban J connectivity index is 0.00000182. The summed E-state index contributed by atoms with van der Waals surface area (Å²) in [4.78, 5) is 19.6. The maximum atomic E-state index is 12.7. The highest BCUT2D eigenvalue weighted by Crippen LogP contribution is 2.27. The summed E-state index contributed by atoms with van der Waals surface area (Å²) in [6.07, 6.45) is 2.69. The molecule has 0 aromatic heterocycles. The van der Waals surface area contributed by atoms with Gasteiger partial charge in [-0.05, 0) is 30.5 Å². The molecule has 25 heavy (non-hydrogen) atoms. The maximum absolute atomic E-state index is 12.7. The molecule has 4 rings (SSSR count). The molecule has 0 N–H and O–H groups in total. The lowest BCUT2D eigenvalue weighted by Crippen LogP contribution is -2.49. The molecular weight excluding hydrogens is 338 g/mol. The fraction of sp³-hybridized carbons (Fsp3) is 0.632. The molecule has 0 unspecified atom stereocenters. The highest BCUT2D eigenvalue weighted by atomic mass is 35.5. The Kier molecular flexibility index (Phi) is 6.34. The standard InChI is InChI=1S/C19H27N3O2.ClH/c23-19(22-9-7-21(8-10-22)18-5-6-18)17-3-1-16(2-4-17)15-20-11-13-24-14-12-20;/h1-4,18H,5-15H2;1H. The predicted molar refractivity (Wildman–Crippen MR) is 100 cm³/mol. The van der Waals surface area contributed by atoms with E-state index in [0.717, 1.165) is 70.6 Å². The number of rotatable bonds is 4. The quantitative estimate of drug-likeness (QED) is 0.816. The summed E-state index contributed by atoms with van der Waals surface area (Å²) in [5.41, 5.74) is 2.09. The minimum absolute atomic E-state index is 0. The van der Waals surface area contributed by atoms with Crippen LogP contribution in [0, 0.1) is 0 Å². The van der Waals surface area contributed by atoms with Crippen LogP contribution in [0.1, 0.15) is 28.8 Å². The van der Waals surface area contributed by atoms with E-state index >= 15 is 0 Å². The zero-order chi connectivity index (χ0) is 16.4. The minimum Gasteiger partial charge on any atom is -0.379 e. The number of carbonyl (C=O) groups is 1. The zero-order valence-electron chi connectivity index (χ0n) is 14.7. The molecule has 138 valence electrons.